The van der Waals surface area contributed by atoms with Crippen LogP contribution >= 0.6 is 11.6 Å². The smallest absolute Gasteiger partial charge is 0.252 e. The molecule has 2 heterocycles. The van der Waals surface area contributed by atoms with Crippen molar-refractivity contribution in [3.8, 4) is 11.3 Å². The molecular formula is C27H22ClN5O2. The molecule has 174 valence electrons. The number of aliphatic hydroxyl groups excluding tert-OH is 1. The Labute approximate surface area is 207 Å². The SMILES string of the molecule is O=C(NC(CO)c1ccc(Cl)cc1)c1ccccc1Cn1cc(-c2ccc3cnccc3c2)nn1. The largest absolute Gasteiger partial charge is 0.394 e. The van der Waals surface area contributed by atoms with E-state index < -0.39 is 6.04 Å². The first-order valence-electron chi connectivity index (χ1n) is 11.1. The number of carbonyl (C=O) groups is 1. The number of fused-ring (bicyclic) bond motifs is 1. The summed E-state index contributed by atoms with van der Waals surface area (Å²) in [5.41, 5.74) is 3.77. The summed E-state index contributed by atoms with van der Waals surface area (Å²) in [7, 11) is 0. The number of aromatic nitrogens is 4. The highest BCUT2D eigenvalue weighted by Crippen LogP contribution is 2.23. The topological polar surface area (TPSA) is 92.9 Å². The Bertz CT molecular complexity index is 1480. The van der Waals surface area contributed by atoms with Crippen molar-refractivity contribution in [3.63, 3.8) is 0 Å². The maximum atomic E-state index is 13.1. The first-order valence-corrected chi connectivity index (χ1v) is 11.5. The number of hydrogen-bond acceptors (Lipinski definition) is 5. The van der Waals surface area contributed by atoms with E-state index >= 15 is 0 Å². The van der Waals surface area contributed by atoms with E-state index in [1.54, 1.807) is 41.2 Å². The molecule has 2 aromatic heterocycles. The van der Waals surface area contributed by atoms with Crippen molar-refractivity contribution >= 4 is 28.3 Å². The second kappa shape index (κ2) is 10.0. The van der Waals surface area contributed by atoms with Crippen LogP contribution in [0.5, 0.6) is 0 Å². The van der Waals surface area contributed by atoms with E-state index in [9.17, 15) is 9.90 Å². The van der Waals surface area contributed by atoms with Gasteiger partial charge in [0.25, 0.3) is 5.91 Å². The van der Waals surface area contributed by atoms with Gasteiger partial charge in [-0.2, -0.15) is 0 Å². The highest BCUT2D eigenvalue weighted by atomic mass is 35.5. The van der Waals surface area contributed by atoms with Crippen LogP contribution in [0.15, 0.2) is 91.4 Å². The van der Waals surface area contributed by atoms with Crippen molar-refractivity contribution in [1.82, 2.24) is 25.3 Å². The number of halogens is 1. The maximum Gasteiger partial charge on any atom is 0.252 e. The van der Waals surface area contributed by atoms with E-state index in [0.29, 0.717) is 17.1 Å². The summed E-state index contributed by atoms with van der Waals surface area (Å²) in [5, 5.41) is 24.1. The summed E-state index contributed by atoms with van der Waals surface area (Å²) in [5.74, 6) is -0.280. The Kier molecular flexibility index (Phi) is 6.52. The zero-order valence-corrected chi connectivity index (χ0v) is 19.4. The fourth-order valence-corrected chi connectivity index (χ4v) is 4.10. The number of nitrogens with one attached hydrogen (secondary N) is 1. The van der Waals surface area contributed by atoms with Gasteiger partial charge in [0.05, 0.1) is 25.4 Å². The summed E-state index contributed by atoms with van der Waals surface area (Å²) < 4.78 is 1.71. The van der Waals surface area contributed by atoms with Gasteiger partial charge >= 0.3 is 0 Å². The zero-order valence-electron chi connectivity index (χ0n) is 18.7. The fraction of sp³-hybridized carbons (Fsp3) is 0.111. The summed E-state index contributed by atoms with van der Waals surface area (Å²) >= 11 is 5.96. The van der Waals surface area contributed by atoms with Gasteiger partial charge in [-0.05, 0) is 46.8 Å². The molecule has 0 bridgehead atoms. The summed E-state index contributed by atoms with van der Waals surface area (Å²) in [6, 6.07) is 21.8. The third-order valence-electron chi connectivity index (χ3n) is 5.83. The van der Waals surface area contributed by atoms with E-state index in [4.69, 9.17) is 11.6 Å². The fourth-order valence-electron chi connectivity index (χ4n) is 3.97. The second-order valence-electron chi connectivity index (χ2n) is 8.16. The van der Waals surface area contributed by atoms with Gasteiger partial charge in [-0.3, -0.25) is 9.78 Å². The average Bonchev–Trinajstić information content (AvgIpc) is 3.36. The van der Waals surface area contributed by atoms with Crippen molar-refractivity contribution < 1.29 is 9.90 Å². The lowest BCUT2D eigenvalue weighted by molar-refractivity contribution is 0.0915. The molecule has 1 unspecified atom stereocenters. The number of rotatable bonds is 7. The lowest BCUT2D eigenvalue weighted by Crippen LogP contribution is -2.31. The number of pyridine rings is 1. The van der Waals surface area contributed by atoms with E-state index in [1.165, 1.54) is 0 Å². The van der Waals surface area contributed by atoms with Gasteiger partial charge < -0.3 is 10.4 Å². The predicted octanol–water partition coefficient (Wildman–Crippen LogP) is 4.66. The van der Waals surface area contributed by atoms with Crippen LogP contribution < -0.4 is 5.32 Å². The normalized spacial score (nSPS) is 11.9. The molecule has 0 aliphatic rings. The number of hydrogen-bond donors (Lipinski definition) is 2. The van der Waals surface area contributed by atoms with Crippen LogP contribution in [0.25, 0.3) is 22.0 Å². The van der Waals surface area contributed by atoms with Crippen molar-refractivity contribution in [2.45, 2.75) is 12.6 Å². The van der Waals surface area contributed by atoms with Crippen molar-refractivity contribution in [1.29, 1.82) is 0 Å². The van der Waals surface area contributed by atoms with Crippen molar-refractivity contribution in [2.75, 3.05) is 6.61 Å². The third-order valence-corrected chi connectivity index (χ3v) is 6.08. The Morgan fingerprint density at radius 1 is 1.03 bits per heavy atom. The van der Waals surface area contributed by atoms with Crippen molar-refractivity contribution in [3.05, 3.63) is 113 Å². The highest BCUT2D eigenvalue weighted by Gasteiger charge is 2.18. The van der Waals surface area contributed by atoms with Gasteiger partial charge in [0.15, 0.2) is 0 Å². The molecule has 0 fully saturated rings. The average molecular weight is 484 g/mol. The molecule has 3 aromatic carbocycles. The molecule has 0 radical (unpaired) electrons. The molecule has 0 spiro atoms. The molecule has 1 atom stereocenters. The van der Waals surface area contributed by atoms with Gasteiger partial charge in [0, 0.05) is 33.9 Å². The monoisotopic (exact) mass is 483 g/mol. The Hall–Kier alpha value is -4.07. The van der Waals surface area contributed by atoms with E-state index in [-0.39, 0.29) is 12.5 Å². The molecule has 0 saturated carbocycles. The van der Waals surface area contributed by atoms with Gasteiger partial charge in [-0.25, -0.2) is 4.68 Å². The zero-order chi connectivity index (χ0) is 24.2. The van der Waals surface area contributed by atoms with Gasteiger partial charge in [0.2, 0.25) is 0 Å². The van der Waals surface area contributed by atoms with Crippen LogP contribution in [-0.4, -0.2) is 37.6 Å². The number of amides is 1. The van der Waals surface area contributed by atoms with E-state index in [1.807, 2.05) is 48.8 Å². The van der Waals surface area contributed by atoms with Crippen LogP contribution in [-0.2, 0) is 6.54 Å². The standard InChI is InChI=1S/C27H22ClN5O2/c28-23-9-7-18(8-10-23)26(17-34)30-27(35)24-4-2-1-3-22(24)15-33-16-25(31-32-33)20-5-6-21-14-29-12-11-19(21)13-20/h1-14,16,26,34H,15,17H2,(H,30,35). The van der Waals surface area contributed by atoms with E-state index in [2.05, 4.69) is 26.7 Å². The van der Waals surface area contributed by atoms with Gasteiger partial charge in [-0.15, -0.1) is 5.10 Å². The number of benzene rings is 3. The minimum Gasteiger partial charge on any atom is -0.394 e. The minimum atomic E-state index is -0.547. The Balaban J connectivity index is 1.35. The number of nitrogens with zero attached hydrogens (tertiary/aromatic N) is 4. The molecule has 0 aliphatic heterocycles. The minimum absolute atomic E-state index is 0.232. The van der Waals surface area contributed by atoms with Crippen molar-refractivity contribution in [2.24, 2.45) is 0 Å². The Morgan fingerprint density at radius 2 is 1.86 bits per heavy atom. The van der Waals surface area contributed by atoms with Crippen LogP contribution in [0.3, 0.4) is 0 Å². The molecule has 0 saturated heterocycles. The first-order chi connectivity index (χ1) is 17.1. The summed E-state index contributed by atoms with van der Waals surface area (Å²) in [6.07, 6.45) is 5.45. The number of carbonyl (C=O) groups excluding carboxylic acids is 1. The molecule has 1 amide bonds. The quantitative estimate of drug-likeness (QED) is 0.351. The first kappa shape index (κ1) is 22.7. The molecule has 0 aliphatic carbocycles. The van der Waals surface area contributed by atoms with E-state index in [0.717, 1.165) is 33.2 Å². The molecule has 5 rings (SSSR count). The summed E-state index contributed by atoms with van der Waals surface area (Å²) in [6.45, 7) is 0.141. The summed E-state index contributed by atoms with van der Waals surface area (Å²) in [4.78, 5) is 17.3. The highest BCUT2D eigenvalue weighted by molar-refractivity contribution is 6.30. The van der Waals surface area contributed by atoms with Crippen LogP contribution in [0.2, 0.25) is 5.02 Å². The third kappa shape index (κ3) is 5.06. The molecule has 2 N–H and O–H groups in total. The van der Waals surface area contributed by atoms with Crippen LogP contribution in [0.1, 0.15) is 27.5 Å². The predicted molar refractivity (Wildman–Crippen MR) is 135 cm³/mol. The Morgan fingerprint density at radius 3 is 2.69 bits per heavy atom. The van der Waals surface area contributed by atoms with Gasteiger partial charge in [0.1, 0.15) is 5.69 Å². The lowest BCUT2D eigenvalue weighted by atomic mass is 10.0. The van der Waals surface area contributed by atoms with Gasteiger partial charge in [-0.1, -0.05) is 59.3 Å². The molecule has 35 heavy (non-hydrogen) atoms. The second-order valence-corrected chi connectivity index (χ2v) is 8.59. The maximum absolute atomic E-state index is 13.1. The lowest BCUT2D eigenvalue weighted by Gasteiger charge is -2.18. The molecule has 7 nitrogen and oxygen atoms in total. The molecule has 8 heteroatoms. The molecule has 5 aromatic rings. The van der Waals surface area contributed by atoms with Crippen LogP contribution in [0.4, 0.5) is 0 Å². The van der Waals surface area contributed by atoms with Crippen LogP contribution in [0, 0.1) is 0 Å². The molecular weight excluding hydrogens is 462 g/mol. The number of aliphatic hydroxyl groups is 1.